The van der Waals surface area contributed by atoms with Crippen molar-refractivity contribution in [1.82, 2.24) is 10.3 Å². The minimum absolute atomic E-state index is 0.248. The molecule has 0 bridgehead atoms. The number of amides is 2. The van der Waals surface area contributed by atoms with Gasteiger partial charge in [0.2, 0.25) is 5.91 Å². The largest absolute Gasteiger partial charge is 0.368 e. The van der Waals surface area contributed by atoms with Crippen molar-refractivity contribution in [2.24, 2.45) is 5.73 Å². The van der Waals surface area contributed by atoms with E-state index < -0.39 is 17.9 Å². The van der Waals surface area contributed by atoms with Gasteiger partial charge in [-0.25, -0.2) is 0 Å². The zero-order valence-corrected chi connectivity index (χ0v) is 13.9. The molecule has 2 aromatic carbocycles. The van der Waals surface area contributed by atoms with Crippen molar-refractivity contribution in [1.29, 1.82) is 0 Å². The van der Waals surface area contributed by atoms with Crippen molar-refractivity contribution in [3.63, 3.8) is 0 Å². The number of rotatable bonds is 4. The molecular weight excluding hydrogens is 326 g/mol. The van der Waals surface area contributed by atoms with Gasteiger partial charge in [0.25, 0.3) is 5.91 Å². The lowest BCUT2D eigenvalue weighted by Gasteiger charge is -2.24. The van der Waals surface area contributed by atoms with Gasteiger partial charge in [0.1, 0.15) is 11.7 Å². The van der Waals surface area contributed by atoms with Crippen LogP contribution in [-0.2, 0) is 4.79 Å². The van der Waals surface area contributed by atoms with E-state index in [9.17, 15) is 9.59 Å². The second-order valence-corrected chi connectivity index (χ2v) is 6.22. The standard InChI is InChI=1S/C21H17N3O2/c22-20(25)19(24-21(26)17-11-5-6-12-23-17)18-15-9-3-1-7-13(15)14-8-2-4-10-16(14)18/h1-12,18-19H,(H2,22,25)(H,24,26)/t19-/m1/s1. The fourth-order valence-electron chi connectivity index (χ4n) is 3.58. The molecule has 3 N–H and O–H groups in total. The first-order valence-electron chi connectivity index (χ1n) is 8.36. The quantitative estimate of drug-likeness (QED) is 0.763. The number of nitrogens with two attached hydrogens (primary N) is 1. The molecular formula is C21H17N3O2. The normalized spacial score (nSPS) is 13.5. The Balaban J connectivity index is 1.76. The van der Waals surface area contributed by atoms with E-state index in [-0.39, 0.29) is 11.6 Å². The average Bonchev–Trinajstić information content (AvgIpc) is 3.01. The van der Waals surface area contributed by atoms with E-state index in [1.807, 2.05) is 48.5 Å². The molecule has 1 aliphatic carbocycles. The maximum atomic E-state index is 12.6. The van der Waals surface area contributed by atoms with E-state index in [1.54, 1.807) is 18.2 Å². The summed E-state index contributed by atoms with van der Waals surface area (Å²) in [5.41, 5.74) is 10.0. The van der Waals surface area contributed by atoms with E-state index in [0.717, 1.165) is 22.3 Å². The smallest absolute Gasteiger partial charge is 0.270 e. The van der Waals surface area contributed by atoms with Crippen LogP contribution in [0.5, 0.6) is 0 Å². The zero-order chi connectivity index (χ0) is 18.1. The minimum atomic E-state index is -0.866. The summed E-state index contributed by atoms with van der Waals surface area (Å²) in [5.74, 6) is -1.32. The lowest BCUT2D eigenvalue weighted by molar-refractivity contribution is -0.120. The number of pyridine rings is 1. The van der Waals surface area contributed by atoms with Crippen LogP contribution in [0.1, 0.15) is 27.5 Å². The number of hydrogen-bond acceptors (Lipinski definition) is 3. The molecule has 26 heavy (non-hydrogen) atoms. The predicted octanol–water partition coefficient (Wildman–Crippen LogP) is 2.48. The number of aromatic nitrogens is 1. The highest BCUT2D eigenvalue weighted by Crippen LogP contribution is 2.46. The predicted molar refractivity (Wildman–Crippen MR) is 98.4 cm³/mol. The Morgan fingerprint density at radius 1 is 0.885 bits per heavy atom. The number of carbonyl (C=O) groups is 2. The Morgan fingerprint density at radius 2 is 1.46 bits per heavy atom. The SMILES string of the molecule is NC(=O)[C@H](NC(=O)c1ccccn1)C1c2ccccc2-c2ccccc21. The van der Waals surface area contributed by atoms with Crippen molar-refractivity contribution < 1.29 is 9.59 Å². The first kappa shape index (κ1) is 16.0. The van der Waals surface area contributed by atoms with Gasteiger partial charge in [-0.3, -0.25) is 14.6 Å². The lowest BCUT2D eigenvalue weighted by atomic mass is 9.88. The molecule has 1 atom stereocenters. The van der Waals surface area contributed by atoms with Crippen molar-refractivity contribution in [3.05, 3.63) is 89.7 Å². The third kappa shape index (κ3) is 2.63. The topological polar surface area (TPSA) is 85.1 Å². The Kier molecular flexibility index (Phi) is 3.97. The van der Waals surface area contributed by atoms with Gasteiger partial charge in [-0.1, -0.05) is 54.6 Å². The Morgan fingerprint density at radius 3 is 2.00 bits per heavy atom. The van der Waals surface area contributed by atoms with Crippen molar-refractivity contribution in [2.45, 2.75) is 12.0 Å². The van der Waals surface area contributed by atoms with Crippen LogP contribution in [0.4, 0.5) is 0 Å². The molecule has 4 rings (SSSR count). The summed E-state index contributed by atoms with van der Waals surface area (Å²) in [5, 5.41) is 2.78. The number of primary amides is 1. The second-order valence-electron chi connectivity index (χ2n) is 6.22. The summed E-state index contributed by atoms with van der Waals surface area (Å²) in [7, 11) is 0. The summed E-state index contributed by atoms with van der Waals surface area (Å²) < 4.78 is 0. The molecule has 0 fully saturated rings. The number of carbonyl (C=O) groups excluding carboxylic acids is 2. The molecule has 1 aromatic heterocycles. The van der Waals surface area contributed by atoms with Gasteiger partial charge < -0.3 is 11.1 Å². The fourth-order valence-corrected chi connectivity index (χ4v) is 3.58. The molecule has 0 radical (unpaired) electrons. The monoisotopic (exact) mass is 343 g/mol. The van der Waals surface area contributed by atoms with E-state index in [1.165, 1.54) is 6.20 Å². The van der Waals surface area contributed by atoms with E-state index in [4.69, 9.17) is 5.73 Å². The molecule has 0 unspecified atom stereocenters. The third-order valence-electron chi connectivity index (χ3n) is 4.71. The number of benzene rings is 2. The van der Waals surface area contributed by atoms with E-state index >= 15 is 0 Å². The number of fused-ring (bicyclic) bond motifs is 3. The second kappa shape index (κ2) is 6.44. The average molecular weight is 343 g/mol. The highest BCUT2D eigenvalue weighted by Gasteiger charge is 2.38. The van der Waals surface area contributed by atoms with Crippen molar-refractivity contribution >= 4 is 11.8 Å². The first-order chi connectivity index (χ1) is 12.7. The highest BCUT2D eigenvalue weighted by atomic mass is 16.2. The molecule has 2 amide bonds. The van der Waals surface area contributed by atoms with E-state index in [0.29, 0.717) is 0 Å². The summed E-state index contributed by atoms with van der Waals surface area (Å²) in [6.45, 7) is 0. The summed E-state index contributed by atoms with van der Waals surface area (Å²) >= 11 is 0. The summed E-state index contributed by atoms with van der Waals surface area (Å²) in [4.78, 5) is 28.9. The highest BCUT2D eigenvalue weighted by molar-refractivity contribution is 5.97. The summed E-state index contributed by atoms with van der Waals surface area (Å²) in [6.07, 6.45) is 1.54. The van der Waals surface area contributed by atoms with Gasteiger partial charge in [-0.15, -0.1) is 0 Å². The number of nitrogens with zero attached hydrogens (tertiary/aromatic N) is 1. The van der Waals surface area contributed by atoms with Gasteiger partial charge >= 0.3 is 0 Å². The van der Waals surface area contributed by atoms with Crippen LogP contribution < -0.4 is 11.1 Å². The minimum Gasteiger partial charge on any atom is -0.368 e. The molecule has 1 aliphatic rings. The molecule has 3 aromatic rings. The van der Waals surface area contributed by atoms with E-state index in [2.05, 4.69) is 10.3 Å². The Bertz CT molecular complexity index is 940. The fraction of sp³-hybridized carbons (Fsp3) is 0.0952. The van der Waals surface area contributed by atoms with Crippen molar-refractivity contribution in [2.75, 3.05) is 0 Å². The molecule has 5 nitrogen and oxygen atoms in total. The van der Waals surface area contributed by atoms with Gasteiger partial charge in [-0.05, 0) is 34.4 Å². The van der Waals surface area contributed by atoms with Gasteiger partial charge in [0, 0.05) is 12.1 Å². The van der Waals surface area contributed by atoms with Crippen LogP contribution >= 0.6 is 0 Å². The maximum Gasteiger partial charge on any atom is 0.270 e. The third-order valence-corrected chi connectivity index (χ3v) is 4.71. The van der Waals surface area contributed by atoms with Crippen LogP contribution in [-0.4, -0.2) is 22.8 Å². The van der Waals surface area contributed by atoms with Crippen LogP contribution in [0.2, 0.25) is 0 Å². The molecule has 0 aliphatic heterocycles. The Hall–Kier alpha value is -3.47. The molecule has 1 heterocycles. The van der Waals surface area contributed by atoms with Gasteiger partial charge in [0.15, 0.2) is 0 Å². The van der Waals surface area contributed by atoms with Crippen molar-refractivity contribution in [3.8, 4) is 11.1 Å². The molecule has 0 spiro atoms. The molecule has 5 heteroatoms. The molecule has 128 valence electrons. The van der Waals surface area contributed by atoms with Gasteiger partial charge in [-0.2, -0.15) is 0 Å². The first-order valence-corrected chi connectivity index (χ1v) is 8.36. The number of nitrogens with one attached hydrogen (secondary N) is 1. The Labute approximate surface area is 150 Å². The molecule has 0 saturated heterocycles. The maximum absolute atomic E-state index is 12.6. The number of hydrogen-bond donors (Lipinski definition) is 2. The van der Waals surface area contributed by atoms with Crippen LogP contribution in [0.25, 0.3) is 11.1 Å². The van der Waals surface area contributed by atoms with Crippen LogP contribution in [0, 0.1) is 0 Å². The zero-order valence-electron chi connectivity index (χ0n) is 13.9. The summed E-state index contributed by atoms with van der Waals surface area (Å²) in [6, 6.07) is 20.0. The molecule has 0 saturated carbocycles. The van der Waals surface area contributed by atoms with Gasteiger partial charge in [0.05, 0.1) is 0 Å². The lowest BCUT2D eigenvalue weighted by Crippen LogP contribution is -2.48. The van der Waals surface area contributed by atoms with Crippen LogP contribution in [0.3, 0.4) is 0 Å². The van der Waals surface area contributed by atoms with Crippen LogP contribution in [0.15, 0.2) is 72.9 Å².